The molecule has 3 aromatic heterocycles. The Balaban J connectivity index is 1.10. The van der Waals surface area contributed by atoms with Crippen LogP contribution in [0.4, 0.5) is 0 Å². The fourth-order valence-corrected chi connectivity index (χ4v) is 11.7. The molecule has 7 nitrogen and oxygen atoms in total. The number of rotatable bonds is 7. The quantitative estimate of drug-likeness (QED) is 0.158. The largest absolute Gasteiger partial charge is 0.244 e. The molecule has 5 atom stereocenters. The third kappa shape index (κ3) is 6.85. The summed E-state index contributed by atoms with van der Waals surface area (Å²) in [5, 5.41) is 0. The molecule has 5 unspecified atom stereocenters. The van der Waals surface area contributed by atoms with Crippen molar-refractivity contribution in [3.8, 4) is 90.8 Å². The fraction of sp³-hybridized carbons (Fsp3) is 0.190. The number of hydrogen-bond donors (Lipinski definition) is 0. The van der Waals surface area contributed by atoms with Gasteiger partial charge in [0.1, 0.15) is 5.69 Å². The van der Waals surface area contributed by atoms with Crippen molar-refractivity contribution in [2.45, 2.75) is 44.9 Å². The van der Waals surface area contributed by atoms with Crippen molar-refractivity contribution in [3.63, 3.8) is 0 Å². The first-order chi connectivity index (χ1) is 32.0. The molecule has 12 rings (SSSR count). The van der Waals surface area contributed by atoms with E-state index >= 15 is 0 Å². The van der Waals surface area contributed by atoms with Crippen LogP contribution in [0.1, 0.15) is 50.7 Å². The van der Waals surface area contributed by atoms with Crippen molar-refractivity contribution in [2.75, 3.05) is 0 Å². The van der Waals surface area contributed by atoms with Gasteiger partial charge in [0.25, 0.3) is 0 Å². The predicted molar refractivity (Wildman–Crippen MR) is 259 cm³/mol. The maximum Gasteiger partial charge on any atom is 0.182 e. The minimum atomic E-state index is -0.0691. The van der Waals surface area contributed by atoms with Crippen LogP contribution < -0.4 is 0 Å². The highest BCUT2D eigenvalue weighted by molar-refractivity contribution is 5.85. The average Bonchev–Trinajstić information content (AvgIpc) is 3.67. The van der Waals surface area contributed by atoms with Crippen LogP contribution in [-0.4, -0.2) is 34.9 Å². The standard InChI is InChI=1S/C58H47N7/c1-36-29-38-31-37(2)58(45(30-36)32-38)48-26-16-15-25-46(48)47-28-27-43(33-49(47)58)50-34-44(56-62-52(39-17-7-3-8-18-39)60-53(63-56)40-19-9-4-10-20-40)35-51(59-50)57-64-54(41-21-11-5-12-22-41)61-55(65-57)42-23-13-6-14-24-42/h3-28,33-38,45H,29-32H2,1-2H3. The van der Waals surface area contributed by atoms with Crippen LogP contribution in [0, 0.1) is 23.7 Å². The van der Waals surface area contributed by atoms with Crippen molar-refractivity contribution < 1.29 is 0 Å². The van der Waals surface area contributed by atoms with E-state index in [0.717, 1.165) is 45.0 Å². The summed E-state index contributed by atoms with van der Waals surface area (Å²) in [4.78, 5) is 36.3. The molecular weight excluding hydrogens is 795 g/mol. The van der Waals surface area contributed by atoms with E-state index in [1.165, 1.54) is 47.9 Å². The van der Waals surface area contributed by atoms with Crippen LogP contribution in [-0.2, 0) is 5.41 Å². The fourth-order valence-electron chi connectivity index (χ4n) is 11.7. The van der Waals surface area contributed by atoms with Crippen LogP contribution in [0.25, 0.3) is 90.8 Å². The summed E-state index contributed by atoms with van der Waals surface area (Å²) >= 11 is 0. The highest BCUT2D eigenvalue weighted by Gasteiger charge is 2.56. The zero-order chi connectivity index (χ0) is 43.5. The molecule has 0 radical (unpaired) electrons. The molecule has 314 valence electrons. The van der Waals surface area contributed by atoms with Crippen LogP contribution in [0.5, 0.6) is 0 Å². The minimum Gasteiger partial charge on any atom is -0.244 e. The topological polar surface area (TPSA) is 90.2 Å². The van der Waals surface area contributed by atoms with E-state index in [2.05, 4.69) is 62.4 Å². The minimum absolute atomic E-state index is 0.0691. The summed E-state index contributed by atoms with van der Waals surface area (Å²) < 4.78 is 0. The third-order valence-electron chi connectivity index (χ3n) is 14.3. The number of aromatic nitrogens is 7. The first-order valence-corrected chi connectivity index (χ1v) is 23.0. The Morgan fingerprint density at radius 1 is 0.354 bits per heavy atom. The Labute approximate surface area is 379 Å². The lowest BCUT2D eigenvalue weighted by Gasteiger charge is -2.54. The van der Waals surface area contributed by atoms with Gasteiger partial charge < -0.3 is 0 Å². The van der Waals surface area contributed by atoms with Gasteiger partial charge in [-0.05, 0) is 89.8 Å². The zero-order valence-corrected chi connectivity index (χ0v) is 36.5. The van der Waals surface area contributed by atoms with Crippen molar-refractivity contribution in [2.24, 2.45) is 23.7 Å². The maximum absolute atomic E-state index is 5.51. The van der Waals surface area contributed by atoms with Gasteiger partial charge in [0.15, 0.2) is 34.9 Å². The lowest BCUT2D eigenvalue weighted by atomic mass is 9.49. The van der Waals surface area contributed by atoms with E-state index in [0.29, 0.717) is 58.4 Å². The van der Waals surface area contributed by atoms with Crippen molar-refractivity contribution >= 4 is 0 Å². The highest BCUT2D eigenvalue weighted by Crippen LogP contribution is 2.64. The molecule has 0 aliphatic heterocycles. The summed E-state index contributed by atoms with van der Waals surface area (Å²) in [7, 11) is 0. The summed E-state index contributed by atoms with van der Waals surface area (Å²) in [6.45, 7) is 4.99. The number of hydrogen-bond acceptors (Lipinski definition) is 7. The smallest absolute Gasteiger partial charge is 0.182 e. The Morgan fingerprint density at radius 2 is 0.815 bits per heavy atom. The molecule has 3 aliphatic rings. The van der Waals surface area contributed by atoms with Crippen molar-refractivity contribution in [1.82, 2.24) is 34.9 Å². The number of nitrogens with zero attached hydrogens (tertiary/aromatic N) is 7. The van der Waals surface area contributed by atoms with E-state index in [1.54, 1.807) is 0 Å². The molecule has 3 heterocycles. The summed E-state index contributed by atoms with van der Waals surface area (Å²) in [6.07, 6.45) is 5.12. The lowest BCUT2D eigenvalue weighted by Crippen LogP contribution is -2.49. The molecule has 1 spiro atoms. The molecule has 0 amide bonds. The van der Waals surface area contributed by atoms with Crippen LogP contribution in [0.2, 0.25) is 0 Å². The lowest BCUT2D eigenvalue weighted by molar-refractivity contribution is 0.0426. The number of fused-ring (bicyclic) bond motifs is 8. The van der Waals surface area contributed by atoms with Gasteiger partial charge in [-0.25, -0.2) is 34.9 Å². The molecule has 7 heteroatoms. The SMILES string of the molecule is CC1CC2CC(C)C3(c4ccccc4-c4ccc(-c5cc(-c6nc(-c7ccccc7)nc(-c7ccccc7)n6)cc(-c6nc(-c7ccccc7)nc(-c7ccccc7)n6)n5)cc43)C(C1)C2. The van der Waals surface area contributed by atoms with E-state index < -0.39 is 0 Å². The molecule has 2 bridgehead atoms. The van der Waals surface area contributed by atoms with Gasteiger partial charge >= 0.3 is 0 Å². The molecule has 65 heavy (non-hydrogen) atoms. The van der Waals surface area contributed by atoms with Crippen LogP contribution in [0.3, 0.4) is 0 Å². The van der Waals surface area contributed by atoms with Gasteiger partial charge in [0, 0.05) is 38.8 Å². The van der Waals surface area contributed by atoms with E-state index in [4.69, 9.17) is 34.9 Å². The molecule has 2 saturated carbocycles. The van der Waals surface area contributed by atoms with Gasteiger partial charge in [-0.1, -0.05) is 172 Å². The van der Waals surface area contributed by atoms with E-state index in [9.17, 15) is 0 Å². The Hall–Kier alpha value is -7.51. The highest BCUT2D eigenvalue weighted by atomic mass is 15.1. The Morgan fingerprint density at radius 3 is 1.37 bits per heavy atom. The summed E-state index contributed by atoms with van der Waals surface area (Å²) in [5.74, 6) is 5.92. The maximum atomic E-state index is 5.51. The molecule has 6 aromatic carbocycles. The van der Waals surface area contributed by atoms with Crippen molar-refractivity contribution in [1.29, 1.82) is 0 Å². The van der Waals surface area contributed by atoms with Crippen LogP contribution in [0.15, 0.2) is 176 Å². The normalized spacial score (nSPS) is 20.6. The Kier molecular flexibility index (Phi) is 9.59. The number of pyridine rings is 1. The van der Waals surface area contributed by atoms with Gasteiger partial charge in [-0.15, -0.1) is 0 Å². The number of benzene rings is 6. The van der Waals surface area contributed by atoms with Gasteiger partial charge in [-0.3, -0.25) is 0 Å². The van der Waals surface area contributed by atoms with Gasteiger partial charge in [-0.2, -0.15) is 0 Å². The molecular formula is C58H47N7. The third-order valence-corrected chi connectivity index (χ3v) is 14.3. The van der Waals surface area contributed by atoms with Gasteiger partial charge in [0.2, 0.25) is 0 Å². The summed E-state index contributed by atoms with van der Waals surface area (Å²) in [5.41, 5.74) is 12.4. The summed E-state index contributed by atoms with van der Waals surface area (Å²) in [6, 6.07) is 60.9. The second kappa shape index (κ2) is 15.9. The first-order valence-electron chi connectivity index (χ1n) is 23.0. The zero-order valence-electron chi connectivity index (χ0n) is 36.5. The average molecular weight is 842 g/mol. The molecule has 9 aromatic rings. The first kappa shape index (κ1) is 39.1. The molecule has 0 N–H and O–H groups in total. The van der Waals surface area contributed by atoms with Crippen LogP contribution >= 0.6 is 0 Å². The Bertz CT molecular complexity index is 2950. The van der Waals surface area contributed by atoms with Crippen molar-refractivity contribution in [3.05, 3.63) is 187 Å². The molecule has 3 aliphatic carbocycles. The van der Waals surface area contributed by atoms with Gasteiger partial charge in [0.05, 0.1) is 5.69 Å². The molecule has 0 saturated heterocycles. The predicted octanol–water partition coefficient (Wildman–Crippen LogP) is 13.5. The molecule has 2 fully saturated rings. The monoisotopic (exact) mass is 841 g/mol. The van der Waals surface area contributed by atoms with E-state index in [1.807, 2.05) is 127 Å². The second-order valence-electron chi connectivity index (χ2n) is 18.4. The second-order valence-corrected chi connectivity index (χ2v) is 18.4. The van der Waals surface area contributed by atoms with E-state index in [-0.39, 0.29) is 5.41 Å².